The highest BCUT2D eigenvalue weighted by Crippen LogP contribution is 1.86. The Labute approximate surface area is 96.9 Å². The maximum absolute atomic E-state index is 11.4. The number of aromatic nitrogens is 1. The molecule has 1 N–H and O–H groups in total. The lowest BCUT2D eigenvalue weighted by atomic mass is 10.4. The number of hydrogen-bond acceptors (Lipinski definition) is 3. The Bertz CT molecular complexity index is 348. The zero-order valence-corrected chi connectivity index (χ0v) is 10.1. The molecule has 0 bridgehead atoms. The summed E-state index contributed by atoms with van der Waals surface area (Å²) >= 11 is 0. The van der Waals surface area contributed by atoms with Gasteiger partial charge in [-0.1, -0.05) is 13.0 Å². The van der Waals surface area contributed by atoms with Crippen molar-refractivity contribution in [2.45, 2.75) is 13.5 Å². The highest BCUT2D eigenvalue weighted by molar-refractivity contribution is 4.93. The molecular formula is C12H21N3O. The average Bonchev–Trinajstić information content (AvgIpc) is 2.28. The van der Waals surface area contributed by atoms with Gasteiger partial charge in [-0.3, -0.25) is 4.79 Å². The van der Waals surface area contributed by atoms with Crippen LogP contribution in [-0.4, -0.2) is 42.7 Å². The van der Waals surface area contributed by atoms with Gasteiger partial charge in [-0.2, -0.15) is 0 Å². The monoisotopic (exact) mass is 223 g/mol. The van der Waals surface area contributed by atoms with E-state index in [1.165, 1.54) is 0 Å². The molecule has 0 unspecified atom stereocenters. The van der Waals surface area contributed by atoms with E-state index >= 15 is 0 Å². The summed E-state index contributed by atoms with van der Waals surface area (Å²) in [6.45, 7) is 6.76. The van der Waals surface area contributed by atoms with Gasteiger partial charge >= 0.3 is 0 Å². The largest absolute Gasteiger partial charge is 0.316 e. The van der Waals surface area contributed by atoms with Gasteiger partial charge in [-0.25, -0.2) is 0 Å². The van der Waals surface area contributed by atoms with E-state index in [-0.39, 0.29) is 5.56 Å². The lowest BCUT2D eigenvalue weighted by Gasteiger charge is -2.17. The van der Waals surface area contributed by atoms with Crippen LogP contribution in [0.1, 0.15) is 6.92 Å². The molecular weight excluding hydrogens is 202 g/mol. The van der Waals surface area contributed by atoms with Crippen LogP contribution in [0.15, 0.2) is 29.2 Å². The highest BCUT2D eigenvalue weighted by atomic mass is 16.1. The predicted molar refractivity (Wildman–Crippen MR) is 66.7 cm³/mol. The van der Waals surface area contributed by atoms with Crippen LogP contribution in [0.2, 0.25) is 0 Å². The van der Waals surface area contributed by atoms with Crippen molar-refractivity contribution >= 4 is 0 Å². The molecule has 0 aromatic carbocycles. The standard InChI is InChI=1S/C12H21N3O/c1-3-13-7-9-14(2)10-11-15-8-5-4-6-12(15)16/h4-6,8,13H,3,7,9-11H2,1-2H3. The fraction of sp³-hybridized carbons (Fsp3) is 0.583. The van der Waals surface area contributed by atoms with Gasteiger partial charge in [-0.15, -0.1) is 0 Å². The van der Waals surface area contributed by atoms with E-state index in [0.29, 0.717) is 0 Å². The molecule has 0 saturated heterocycles. The molecule has 0 saturated carbocycles. The van der Waals surface area contributed by atoms with E-state index in [1.54, 1.807) is 16.7 Å². The van der Waals surface area contributed by atoms with Gasteiger partial charge in [-0.05, 0) is 19.7 Å². The van der Waals surface area contributed by atoms with Crippen LogP contribution < -0.4 is 10.9 Å². The number of hydrogen-bond donors (Lipinski definition) is 1. The fourth-order valence-corrected chi connectivity index (χ4v) is 1.48. The van der Waals surface area contributed by atoms with Crippen molar-refractivity contribution in [3.63, 3.8) is 0 Å². The molecule has 0 aliphatic rings. The SMILES string of the molecule is CCNCCN(C)CCn1ccccc1=O. The summed E-state index contributed by atoms with van der Waals surface area (Å²) in [4.78, 5) is 13.6. The van der Waals surface area contributed by atoms with Gasteiger partial charge in [0, 0.05) is 38.4 Å². The summed E-state index contributed by atoms with van der Waals surface area (Å²) in [5, 5.41) is 3.28. The zero-order valence-electron chi connectivity index (χ0n) is 10.1. The molecule has 0 aliphatic heterocycles. The summed E-state index contributed by atoms with van der Waals surface area (Å²) in [7, 11) is 2.07. The molecule has 0 amide bonds. The van der Waals surface area contributed by atoms with Crippen molar-refractivity contribution in [1.29, 1.82) is 0 Å². The molecule has 4 nitrogen and oxygen atoms in total. The highest BCUT2D eigenvalue weighted by Gasteiger charge is 1.99. The van der Waals surface area contributed by atoms with Crippen molar-refractivity contribution in [2.75, 3.05) is 33.2 Å². The van der Waals surface area contributed by atoms with Gasteiger partial charge in [0.15, 0.2) is 0 Å². The molecule has 0 aliphatic carbocycles. The van der Waals surface area contributed by atoms with E-state index in [9.17, 15) is 4.79 Å². The normalized spacial score (nSPS) is 10.9. The molecule has 1 rings (SSSR count). The Morgan fingerprint density at radius 2 is 2.19 bits per heavy atom. The second kappa shape index (κ2) is 7.19. The van der Waals surface area contributed by atoms with Crippen LogP contribution >= 0.6 is 0 Å². The molecule has 0 fully saturated rings. The first-order chi connectivity index (χ1) is 7.74. The van der Waals surface area contributed by atoms with E-state index in [2.05, 4.69) is 24.2 Å². The first kappa shape index (κ1) is 12.9. The number of rotatable bonds is 7. The van der Waals surface area contributed by atoms with Crippen LogP contribution in [0.5, 0.6) is 0 Å². The summed E-state index contributed by atoms with van der Waals surface area (Å²) in [5.74, 6) is 0. The van der Waals surface area contributed by atoms with Crippen LogP contribution in [-0.2, 0) is 6.54 Å². The first-order valence-corrected chi connectivity index (χ1v) is 5.78. The second-order valence-electron chi connectivity index (χ2n) is 3.89. The van der Waals surface area contributed by atoms with Gasteiger partial charge in [0.25, 0.3) is 5.56 Å². The van der Waals surface area contributed by atoms with Crippen molar-refractivity contribution in [3.05, 3.63) is 34.7 Å². The Morgan fingerprint density at radius 1 is 1.38 bits per heavy atom. The Hall–Kier alpha value is -1.13. The van der Waals surface area contributed by atoms with Crippen LogP contribution in [0.4, 0.5) is 0 Å². The topological polar surface area (TPSA) is 37.3 Å². The molecule has 1 aromatic heterocycles. The Kier molecular flexibility index (Phi) is 5.82. The minimum atomic E-state index is 0.0718. The third-order valence-corrected chi connectivity index (χ3v) is 2.54. The predicted octanol–water partition coefficient (Wildman–Crippen LogP) is 0.390. The number of likely N-dealkylation sites (N-methyl/N-ethyl adjacent to an activating group) is 2. The molecule has 16 heavy (non-hydrogen) atoms. The lowest BCUT2D eigenvalue weighted by Crippen LogP contribution is -2.33. The summed E-state index contributed by atoms with van der Waals surface area (Å²) in [5.41, 5.74) is 0.0718. The smallest absolute Gasteiger partial charge is 0.250 e. The van der Waals surface area contributed by atoms with Crippen molar-refractivity contribution < 1.29 is 0 Å². The second-order valence-corrected chi connectivity index (χ2v) is 3.89. The number of pyridine rings is 1. The quantitative estimate of drug-likeness (QED) is 0.679. The lowest BCUT2D eigenvalue weighted by molar-refractivity contribution is 0.316. The Morgan fingerprint density at radius 3 is 2.88 bits per heavy atom. The summed E-state index contributed by atoms with van der Waals surface area (Å²) in [6.07, 6.45) is 1.83. The van der Waals surface area contributed by atoms with Gasteiger partial charge in [0.1, 0.15) is 0 Å². The molecule has 1 heterocycles. The molecule has 90 valence electrons. The molecule has 0 atom stereocenters. The van der Waals surface area contributed by atoms with E-state index in [4.69, 9.17) is 0 Å². The summed E-state index contributed by atoms with van der Waals surface area (Å²) < 4.78 is 1.74. The minimum Gasteiger partial charge on any atom is -0.316 e. The van der Waals surface area contributed by atoms with E-state index in [0.717, 1.165) is 32.7 Å². The van der Waals surface area contributed by atoms with Crippen molar-refractivity contribution in [2.24, 2.45) is 0 Å². The minimum absolute atomic E-state index is 0.0718. The number of nitrogens with zero attached hydrogens (tertiary/aromatic N) is 2. The third kappa shape index (κ3) is 4.59. The zero-order chi connectivity index (χ0) is 11.8. The van der Waals surface area contributed by atoms with E-state index < -0.39 is 0 Å². The van der Waals surface area contributed by atoms with Crippen molar-refractivity contribution in [3.8, 4) is 0 Å². The van der Waals surface area contributed by atoms with Crippen LogP contribution in [0.25, 0.3) is 0 Å². The maximum atomic E-state index is 11.4. The third-order valence-electron chi connectivity index (χ3n) is 2.54. The molecule has 1 aromatic rings. The summed E-state index contributed by atoms with van der Waals surface area (Å²) in [6, 6.07) is 5.26. The molecule has 0 spiro atoms. The van der Waals surface area contributed by atoms with Gasteiger partial charge in [0.2, 0.25) is 0 Å². The van der Waals surface area contributed by atoms with Gasteiger partial charge in [0.05, 0.1) is 0 Å². The van der Waals surface area contributed by atoms with E-state index in [1.807, 2.05) is 12.3 Å². The first-order valence-electron chi connectivity index (χ1n) is 5.78. The van der Waals surface area contributed by atoms with Crippen LogP contribution in [0, 0.1) is 0 Å². The van der Waals surface area contributed by atoms with Gasteiger partial charge < -0.3 is 14.8 Å². The Balaban J connectivity index is 2.29. The number of nitrogens with one attached hydrogen (secondary N) is 1. The molecule has 0 radical (unpaired) electrons. The fourth-order valence-electron chi connectivity index (χ4n) is 1.48. The average molecular weight is 223 g/mol. The van der Waals surface area contributed by atoms with Crippen LogP contribution in [0.3, 0.4) is 0 Å². The maximum Gasteiger partial charge on any atom is 0.250 e. The van der Waals surface area contributed by atoms with Crippen molar-refractivity contribution in [1.82, 2.24) is 14.8 Å². The molecule has 4 heteroatoms.